The van der Waals surface area contributed by atoms with E-state index in [0.29, 0.717) is 27.9 Å². The predicted molar refractivity (Wildman–Crippen MR) is 87.6 cm³/mol. The summed E-state index contributed by atoms with van der Waals surface area (Å²) >= 11 is 0. The highest BCUT2D eigenvalue weighted by atomic mass is 16.3. The second kappa shape index (κ2) is 5.31. The van der Waals surface area contributed by atoms with Crippen molar-refractivity contribution in [1.82, 2.24) is 9.97 Å². The van der Waals surface area contributed by atoms with E-state index in [1.54, 1.807) is 37.3 Å². The highest BCUT2D eigenvalue weighted by Crippen LogP contribution is 2.35. The van der Waals surface area contributed by atoms with E-state index in [4.69, 9.17) is 4.42 Å². The van der Waals surface area contributed by atoms with Crippen molar-refractivity contribution in [2.75, 3.05) is 0 Å². The molecule has 0 fully saturated rings. The van der Waals surface area contributed by atoms with E-state index < -0.39 is 5.91 Å². The van der Waals surface area contributed by atoms with Gasteiger partial charge in [0, 0.05) is 17.9 Å². The number of hydrogen-bond donors (Lipinski definition) is 2. The van der Waals surface area contributed by atoms with Gasteiger partial charge in [-0.05, 0) is 24.3 Å². The number of oxazole rings is 1. The van der Waals surface area contributed by atoms with E-state index in [2.05, 4.69) is 20.2 Å². The smallest absolute Gasteiger partial charge is 0.295 e. The zero-order chi connectivity index (χ0) is 16.7. The van der Waals surface area contributed by atoms with Crippen LogP contribution in [0.1, 0.15) is 16.2 Å². The Labute approximate surface area is 135 Å². The monoisotopic (exact) mass is 320 g/mol. The Morgan fingerprint density at radius 2 is 2.08 bits per heavy atom. The zero-order valence-corrected chi connectivity index (χ0v) is 12.6. The first-order chi connectivity index (χ1) is 11.6. The Morgan fingerprint density at radius 1 is 1.25 bits per heavy atom. The SMILES string of the molecule is Cc1nc2cc(C(=O)N=Nc3c(O)[nH]c4ccccc34)ccc2o1. The molecule has 2 heterocycles. The first-order valence-electron chi connectivity index (χ1n) is 7.25. The first-order valence-corrected chi connectivity index (χ1v) is 7.25. The molecule has 0 aliphatic carbocycles. The average Bonchev–Trinajstić information content (AvgIpc) is 3.10. The van der Waals surface area contributed by atoms with Crippen LogP contribution in [-0.4, -0.2) is 21.0 Å². The number of azo groups is 1. The Hall–Kier alpha value is -3.48. The maximum atomic E-state index is 12.2. The quantitative estimate of drug-likeness (QED) is 0.539. The molecule has 118 valence electrons. The fraction of sp³-hybridized carbons (Fsp3) is 0.0588. The minimum atomic E-state index is -0.526. The third-order valence-corrected chi connectivity index (χ3v) is 3.64. The number of H-pyrrole nitrogens is 1. The number of hydrogen-bond acceptors (Lipinski definition) is 5. The number of aromatic nitrogens is 2. The molecule has 0 saturated heterocycles. The maximum absolute atomic E-state index is 12.2. The Balaban J connectivity index is 1.68. The summed E-state index contributed by atoms with van der Waals surface area (Å²) in [5.41, 5.74) is 2.49. The normalized spacial score (nSPS) is 11.7. The van der Waals surface area contributed by atoms with Crippen LogP contribution in [-0.2, 0) is 0 Å². The molecule has 7 nitrogen and oxygen atoms in total. The van der Waals surface area contributed by atoms with Crippen molar-refractivity contribution in [2.45, 2.75) is 6.92 Å². The van der Waals surface area contributed by atoms with Crippen LogP contribution >= 0.6 is 0 Å². The lowest BCUT2D eigenvalue weighted by molar-refractivity contribution is 0.0995. The topological polar surface area (TPSA) is 104 Å². The van der Waals surface area contributed by atoms with Crippen LogP contribution in [0.25, 0.3) is 22.0 Å². The van der Waals surface area contributed by atoms with Crippen molar-refractivity contribution < 1.29 is 14.3 Å². The van der Waals surface area contributed by atoms with Crippen molar-refractivity contribution >= 4 is 33.6 Å². The molecule has 2 aromatic carbocycles. The van der Waals surface area contributed by atoms with Crippen molar-refractivity contribution in [2.24, 2.45) is 10.2 Å². The van der Waals surface area contributed by atoms with Crippen molar-refractivity contribution in [3.8, 4) is 5.88 Å². The number of rotatable bonds is 2. The van der Waals surface area contributed by atoms with Gasteiger partial charge in [0.25, 0.3) is 5.91 Å². The van der Waals surface area contributed by atoms with E-state index in [0.717, 1.165) is 5.52 Å². The Bertz CT molecular complexity index is 1110. The summed E-state index contributed by atoms with van der Waals surface area (Å²) in [6, 6.07) is 12.1. The molecule has 0 unspecified atom stereocenters. The number of carbonyl (C=O) groups is 1. The fourth-order valence-corrected chi connectivity index (χ4v) is 2.54. The fourth-order valence-electron chi connectivity index (χ4n) is 2.54. The van der Waals surface area contributed by atoms with Gasteiger partial charge in [0.15, 0.2) is 17.2 Å². The Kier molecular flexibility index (Phi) is 3.13. The number of amides is 1. The second-order valence-corrected chi connectivity index (χ2v) is 5.29. The molecule has 0 spiro atoms. The molecular weight excluding hydrogens is 308 g/mol. The predicted octanol–water partition coefficient (Wildman–Crippen LogP) is 4.25. The van der Waals surface area contributed by atoms with Gasteiger partial charge < -0.3 is 14.5 Å². The summed E-state index contributed by atoms with van der Waals surface area (Å²) in [5, 5.41) is 18.2. The van der Waals surface area contributed by atoms with Gasteiger partial charge in [-0.15, -0.1) is 10.2 Å². The van der Waals surface area contributed by atoms with Gasteiger partial charge in [-0.2, -0.15) is 0 Å². The molecule has 7 heteroatoms. The first kappa shape index (κ1) is 14.1. The molecule has 1 amide bonds. The minimum absolute atomic E-state index is 0.129. The van der Waals surface area contributed by atoms with Gasteiger partial charge in [-0.3, -0.25) is 4.79 Å². The lowest BCUT2D eigenvalue weighted by Gasteiger charge is -1.94. The molecule has 0 aliphatic heterocycles. The highest BCUT2D eigenvalue weighted by molar-refractivity contribution is 5.98. The molecule has 0 aliphatic rings. The third kappa shape index (κ3) is 2.32. The second-order valence-electron chi connectivity index (χ2n) is 5.29. The van der Waals surface area contributed by atoms with Gasteiger partial charge in [0.2, 0.25) is 5.88 Å². The standard InChI is InChI=1S/C17H12N4O3/c1-9-18-13-8-10(6-7-14(13)24-9)16(22)21-20-15-11-4-2-3-5-12(11)19-17(15)23/h2-8,19,23H,1H3. The largest absolute Gasteiger partial charge is 0.493 e. The molecule has 4 aromatic rings. The number of fused-ring (bicyclic) bond motifs is 2. The van der Waals surface area contributed by atoms with E-state index in [9.17, 15) is 9.90 Å². The molecule has 0 radical (unpaired) electrons. The van der Waals surface area contributed by atoms with Crippen LogP contribution in [0, 0.1) is 6.92 Å². The molecular formula is C17H12N4O3. The summed E-state index contributed by atoms with van der Waals surface area (Å²) in [6.45, 7) is 1.74. The van der Waals surface area contributed by atoms with Gasteiger partial charge in [0.1, 0.15) is 5.52 Å². The van der Waals surface area contributed by atoms with Gasteiger partial charge in [-0.1, -0.05) is 18.2 Å². The maximum Gasteiger partial charge on any atom is 0.295 e. The third-order valence-electron chi connectivity index (χ3n) is 3.64. The molecule has 24 heavy (non-hydrogen) atoms. The minimum Gasteiger partial charge on any atom is -0.493 e. The van der Waals surface area contributed by atoms with E-state index in [1.807, 2.05) is 12.1 Å². The summed E-state index contributed by atoms with van der Waals surface area (Å²) in [6.07, 6.45) is 0. The molecule has 0 bridgehead atoms. The summed E-state index contributed by atoms with van der Waals surface area (Å²) in [4.78, 5) is 19.2. The number of benzene rings is 2. The van der Waals surface area contributed by atoms with Crippen LogP contribution in [0.2, 0.25) is 0 Å². The molecule has 2 N–H and O–H groups in total. The van der Waals surface area contributed by atoms with E-state index >= 15 is 0 Å². The van der Waals surface area contributed by atoms with Crippen molar-refractivity contribution in [3.05, 3.63) is 53.9 Å². The summed E-state index contributed by atoms with van der Waals surface area (Å²) < 4.78 is 5.37. The van der Waals surface area contributed by atoms with E-state index in [-0.39, 0.29) is 11.6 Å². The molecule has 2 aromatic heterocycles. The van der Waals surface area contributed by atoms with Crippen LogP contribution < -0.4 is 0 Å². The number of aromatic amines is 1. The lowest BCUT2D eigenvalue weighted by atomic mass is 10.2. The summed E-state index contributed by atoms with van der Waals surface area (Å²) in [7, 11) is 0. The van der Waals surface area contributed by atoms with Crippen LogP contribution in [0.5, 0.6) is 5.88 Å². The number of aromatic hydroxyl groups is 1. The Morgan fingerprint density at radius 3 is 2.96 bits per heavy atom. The highest BCUT2D eigenvalue weighted by Gasteiger charge is 2.12. The number of aryl methyl sites for hydroxylation is 1. The van der Waals surface area contributed by atoms with Crippen LogP contribution in [0.4, 0.5) is 5.69 Å². The summed E-state index contributed by atoms with van der Waals surface area (Å²) in [5.74, 6) is -0.127. The van der Waals surface area contributed by atoms with Gasteiger partial charge in [-0.25, -0.2) is 4.98 Å². The van der Waals surface area contributed by atoms with Crippen LogP contribution in [0.15, 0.2) is 57.1 Å². The number of nitrogens with one attached hydrogen (secondary N) is 1. The molecule has 4 rings (SSSR count). The molecule has 0 atom stereocenters. The molecule has 0 saturated carbocycles. The van der Waals surface area contributed by atoms with E-state index in [1.165, 1.54) is 0 Å². The average molecular weight is 320 g/mol. The van der Waals surface area contributed by atoms with Gasteiger partial charge in [0.05, 0.1) is 5.52 Å². The van der Waals surface area contributed by atoms with Crippen molar-refractivity contribution in [3.63, 3.8) is 0 Å². The number of para-hydroxylation sites is 1. The lowest BCUT2D eigenvalue weighted by Crippen LogP contribution is -1.93. The zero-order valence-electron chi connectivity index (χ0n) is 12.6. The number of nitrogens with zero attached hydrogens (tertiary/aromatic N) is 3. The van der Waals surface area contributed by atoms with Crippen LogP contribution in [0.3, 0.4) is 0 Å². The van der Waals surface area contributed by atoms with Gasteiger partial charge >= 0.3 is 0 Å². The van der Waals surface area contributed by atoms with Crippen molar-refractivity contribution in [1.29, 1.82) is 0 Å². The number of carbonyl (C=O) groups excluding carboxylic acids is 1.